The van der Waals surface area contributed by atoms with Gasteiger partial charge in [0, 0.05) is 17.3 Å². The summed E-state index contributed by atoms with van der Waals surface area (Å²) in [5.74, 6) is -2.86. The van der Waals surface area contributed by atoms with Crippen LogP contribution in [0.4, 0.5) is 22.0 Å². The fourth-order valence-corrected chi connectivity index (χ4v) is 10.2. The van der Waals surface area contributed by atoms with E-state index in [-0.39, 0.29) is 49.5 Å². The van der Waals surface area contributed by atoms with Crippen molar-refractivity contribution in [3.05, 3.63) is 70.8 Å². The molecule has 0 spiro atoms. The summed E-state index contributed by atoms with van der Waals surface area (Å²) >= 11 is 0. The number of fused-ring (bicyclic) bond motifs is 1. The van der Waals surface area contributed by atoms with E-state index < -0.39 is 56.3 Å². The highest BCUT2D eigenvalue weighted by Gasteiger charge is 2.68. The van der Waals surface area contributed by atoms with E-state index in [1.807, 2.05) is 36.4 Å². The zero-order valence-electron chi connectivity index (χ0n) is 23.9. The summed E-state index contributed by atoms with van der Waals surface area (Å²) in [6.07, 6.45) is -7.83. The summed E-state index contributed by atoms with van der Waals surface area (Å²) in [6, 6.07) is 16.0. The smallest absolute Gasteiger partial charge is 0.432 e. The molecule has 9 rings (SSSR count). The van der Waals surface area contributed by atoms with Gasteiger partial charge in [0.1, 0.15) is 0 Å². The Hall–Kier alpha value is -3.06. The molecule has 7 aliphatic carbocycles. The van der Waals surface area contributed by atoms with E-state index in [9.17, 15) is 40.0 Å². The van der Waals surface area contributed by atoms with Gasteiger partial charge in [0.05, 0.1) is 17.9 Å². The van der Waals surface area contributed by atoms with E-state index in [2.05, 4.69) is 16.9 Å². The number of hydrogen-bond donors (Lipinski definition) is 1. The third kappa shape index (κ3) is 4.78. The number of halogens is 5. The maximum atomic E-state index is 14.2. The average molecular weight is 655 g/mol. The molecule has 0 amide bonds. The molecule has 2 aromatic carbocycles. The van der Waals surface area contributed by atoms with Crippen LogP contribution in [0.1, 0.15) is 79.0 Å². The maximum absolute atomic E-state index is 14.2. The first-order valence-electron chi connectivity index (χ1n) is 15.0. The van der Waals surface area contributed by atoms with E-state index in [4.69, 9.17) is 9.29 Å². The molecule has 4 atom stereocenters. The van der Waals surface area contributed by atoms with Crippen LogP contribution in [0.2, 0.25) is 0 Å². The van der Waals surface area contributed by atoms with Crippen LogP contribution in [-0.4, -0.2) is 49.1 Å². The van der Waals surface area contributed by atoms with Gasteiger partial charge < -0.3 is 9.47 Å². The molecule has 0 heterocycles. The van der Waals surface area contributed by atoms with Crippen molar-refractivity contribution in [2.24, 2.45) is 28.6 Å². The first-order valence-corrected chi connectivity index (χ1v) is 16.4. The Labute approximate surface area is 256 Å². The lowest BCUT2D eigenvalue weighted by molar-refractivity contribution is -0.268. The quantitative estimate of drug-likeness (QED) is 0.210. The number of carbonyl (C=O) groups excluding carboxylic acids is 2. The standard InChI is InChI=1S/C32H31F5O7S/c33-31(34,35)27(32(36,37)45(40,41)42)44-28(39)30-13-17-9-18(14-30)12-29(11-17,15-30)16-43-26(38)24-10-23-19-5-1-3-7-21(19)25(24)22-8-4-2-6-20(22)23/h1-8,17-18,23-25,27H,9-16H2,(H,40,41,42). The Bertz CT molecular complexity index is 1610. The lowest BCUT2D eigenvalue weighted by Crippen LogP contribution is -2.59. The van der Waals surface area contributed by atoms with Crippen LogP contribution in [0.3, 0.4) is 0 Å². The molecule has 1 N–H and O–H groups in total. The van der Waals surface area contributed by atoms with Crippen molar-refractivity contribution in [2.45, 2.75) is 74.3 Å². The lowest BCUT2D eigenvalue weighted by Gasteiger charge is -2.60. The molecule has 2 aromatic rings. The zero-order chi connectivity index (χ0) is 32.2. The zero-order valence-corrected chi connectivity index (χ0v) is 24.8. The molecule has 13 heteroatoms. The van der Waals surface area contributed by atoms with E-state index in [0.29, 0.717) is 25.7 Å². The van der Waals surface area contributed by atoms with Crippen LogP contribution in [0.15, 0.2) is 48.5 Å². The highest BCUT2D eigenvalue weighted by molar-refractivity contribution is 7.86. The van der Waals surface area contributed by atoms with Gasteiger partial charge in [0.25, 0.3) is 6.10 Å². The van der Waals surface area contributed by atoms with E-state index in [1.165, 1.54) is 11.1 Å². The Morgan fingerprint density at radius 1 is 0.867 bits per heavy atom. The summed E-state index contributed by atoms with van der Waals surface area (Å²) in [5, 5.41) is -5.80. The average Bonchev–Trinajstić information content (AvgIpc) is 2.96. The van der Waals surface area contributed by atoms with Gasteiger partial charge in [-0.15, -0.1) is 0 Å². The Balaban J connectivity index is 1.11. The maximum Gasteiger partial charge on any atom is 0.432 e. The molecule has 0 saturated heterocycles. The Morgan fingerprint density at radius 3 is 1.91 bits per heavy atom. The van der Waals surface area contributed by atoms with Gasteiger partial charge in [0.2, 0.25) is 0 Å². The number of benzene rings is 2. The van der Waals surface area contributed by atoms with E-state index in [1.54, 1.807) is 0 Å². The molecule has 4 fully saturated rings. The van der Waals surface area contributed by atoms with Crippen LogP contribution < -0.4 is 0 Å². The van der Waals surface area contributed by atoms with Crippen molar-refractivity contribution in [2.75, 3.05) is 6.61 Å². The van der Waals surface area contributed by atoms with E-state index in [0.717, 1.165) is 11.1 Å². The SMILES string of the molecule is O=C(OCC12CC3CC(C1)CC(C(=O)OC(C(F)(F)F)C(F)(F)S(=O)(=O)O)(C3)C2)C1CC2c3ccccc3C1c1ccccc12. The molecule has 0 radical (unpaired) electrons. The van der Waals surface area contributed by atoms with Gasteiger partial charge in [-0.1, -0.05) is 48.5 Å². The molecule has 4 unspecified atom stereocenters. The van der Waals surface area contributed by atoms with Crippen LogP contribution in [-0.2, 0) is 29.2 Å². The van der Waals surface area contributed by atoms with Crippen LogP contribution in [0.5, 0.6) is 0 Å². The molecular formula is C32H31F5O7S. The molecule has 4 saturated carbocycles. The number of alkyl halides is 5. The van der Waals surface area contributed by atoms with Crippen molar-refractivity contribution in [1.82, 2.24) is 0 Å². The fourth-order valence-electron chi connectivity index (χ4n) is 9.75. The molecular weight excluding hydrogens is 623 g/mol. The van der Waals surface area contributed by atoms with Gasteiger partial charge in [-0.2, -0.15) is 30.4 Å². The van der Waals surface area contributed by atoms with Crippen LogP contribution in [0.25, 0.3) is 0 Å². The summed E-state index contributed by atoms with van der Waals surface area (Å²) in [7, 11) is -6.56. The summed E-state index contributed by atoms with van der Waals surface area (Å²) in [5.41, 5.74) is 2.18. The van der Waals surface area contributed by atoms with Crippen molar-refractivity contribution in [3.8, 4) is 0 Å². The third-order valence-corrected chi connectivity index (χ3v) is 11.8. The molecule has 7 nitrogen and oxygen atoms in total. The normalized spacial score (nSPS) is 33.7. The number of esters is 2. The van der Waals surface area contributed by atoms with Gasteiger partial charge in [0.15, 0.2) is 0 Å². The van der Waals surface area contributed by atoms with E-state index >= 15 is 0 Å². The molecule has 242 valence electrons. The summed E-state index contributed by atoms with van der Waals surface area (Å²) < 4.78 is 111. The predicted octanol–water partition coefficient (Wildman–Crippen LogP) is 6.37. The minimum absolute atomic E-state index is 0.0278. The van der Waals surface area contributed by atoms with Crippen molar-refractivity contribution < 1.29 is 54.0 Å². The monoisotopic (exact) mass is 654 g/mol. The van der Waals surface area contributed by atoms with Crippen LogP contribution in [0, 0.1) is 28.6 Å². The summed E-state index contributed by atoms with van der Waals surface area (Å²) in [6.45, 7) is -0.0745. The van der Waals surface area contributed by atoms with Gasteiger partial charge in [-0.3, -0.25) is 14.1 Å². The molecule has 0 aliphatic heterocycles. The highest BCUT2D eigenvalue weighted by atomic mass is 32.2. The van der Waals surface area contributed by atoms with Crippen molar-refractivity contribution in [3.63, 3.8) is 0 Å². The first-order chi connectivity index (χ1) is 21.0. The second kappa shape index (κ2) is 9.97. The minimum Gasteiger partial charge on any atom is -0.465 e. The van der Waals surface area contributed by atoms with Crippen molar-refractivity contribution >= 4 is 22.1 Å². The number of hydrogen-bond acceptors (Lipinski definition) is 6. The number of ether oxygens (including phenoxy) is 2. The second-order valence-electron chi connectivity index (χ2n) is 13.8. The number of rotatable bonds is 7. The van der Waals surface area contributed by atoms with Crippen molar-refractivity contribution in [1.29, 1.82) is 0 Å². The first kappa shape index (κ1) is 30.6. The second-order valence-corrected chi connectivity index (χ2v) is 15.3. The molecule has 0 aromatic heterocycles. The Morgan fingerprint density at radius 2 is 1.40 bits per heavy atom. The molecule has 7 aliphatic rings. The van der Waals surface area contributed by atoms with Gasteiger partial charge in [-0.05, 0) is 79.0 Å². The predicted molar refractivity (Wildman–Crippen MR) is 148 cm³/mol. The lowest BCUT2D eigenvalue weighted by atomic mass is 9.44. The largest absolute Gasteiger partial charge is 0.465 e. The third-order valence-electron chi connectivity index (χ3n) is 10.9. The van der Waals surface area contributed by atoms with Gasteiger partial charge >= 0.3 is 33.5 Å². The number of carbonyl (C=O) groups is 2. The molecule has 45 heavy (non-hydrogen) atoms. The Kier molecular flexibility index (Phi) is 6.78. The highest BCUT2D eigenvalue weighted by Crippen LogP contribution is 2.66. The molecule has 6 bridgehead atoms. The topological polar surface area (TPSA) is 107 Å². The summed E-state index contributed by atoms with van der Waals surface area (Å²) in [4.78, 5) is 27.1. The minimum atomic E-state index is -6.56. The van der Waals surface area contributed by atoms with Gasteiger partial charge in [-0.25, -0.2) is 0 Å². The fraction of sp³-hybridized carbons (Fsp3) is 0.562. The van der Waals surface area contributed by atoms with Crippen LogP contribution >= 0.6 is 0 Å².